The number of carbonyl (C=O) groups excluding carboxylic acids is 1. The SMILES string of the molecule is CC(=O)CCCO[C@H]1CCC(C)(C)[C@@H](C)C1. The van der Waals surface area contributed by atoms with E-state index in [2.05, 4.69) is 20.8 Å². The van der Waals surface area contributed by atoms with Crippen molar-refractivity contribution in [3.05, 3.63) is 0 Å². The average Bonchev–Trinajstić information content (AvgIpc) is 2.18. The summed E-state index contributed by atoms with van der Waals surface area (Å²) in [5, 5.41) is 0. The lowest BCUT2D eigenvalue weighted by Crippen LogP contribution is -2.33. The Labute approximate surface area is 99.8 Å². The monoisotopic (exact) mass is 226 g/mol. The van der Waals surface area contributed by atoms with E-state index in [1.54, 1.807) is 6.92 Å². The summed E-state index contributed by atoms with van der Waals surface area (Å²) in [6.07, 6.45) is 5.57. The van der Waals surface area contributed by atoms with Crippen LogP contribution in [0.3, 0.4) is 0 Å². The Morgan fingerprint density at radius 1 is 1.44 bits per heavy atom. The van der Waals surface area contributed by atoms with Crippen LogP contribution in [-0.2, 0) is 9.53 Å². The number of hydrogen-bond acceptors (Lipinski definition) is 2. The molecule has 1 fully saturated rings. The quantitative estimate of drug-likeness (QED) is 0.670. The molecule has 0 spiro atoms. The molecule has 0 aromatic carbocycles. The Balaban J connectivity index is 2.18. The molecule has 0 radical (unpaired) electrons. The molecule has 0 aliphatic heterocycles. The second kappa shape index (κ2) is 5.81. The first-order valence-electron chi connectivity index (χ1n) is 6.53. The highest BCUT2D eigenvalue weighted by molar-refractivity contribution is 5.75. The molecule has 0 aromatic rings. The first-order valence-corrected chi connectivity index (χ1v) is 6.53. The Hall–Kier alpha value is -0.370. The van der Waals surface area contributed by atoms with Gasteiger partial charge in [0.15, 0.2) is 0 Å². The van der Waals surface area contributed by atoms with Crippen molar-refractivity contribution in [2.45, 2.75) is 65.9 Å². The standard InChI is InChI=1S/C14H26O2/c1-11-10-13(7-8-14(11,3)4)16-9-5-6-12(2)15/h11,13H,5-10H2,1-4H3/t11-,13-/m0/s1. The van der Waals surface area contributed by atoms with Crippen LogP contribution in [0, 0.1) is 11.3 Å². The van der Waals surface area contributed by atoms with Crippen LogP contribution in [0.1, 0.15) is 59.8 Å². The highest BCUT2D eigenvalue weighted by Gasteiger charge is 2.33. The van der Waals surface area contributed by atoms with Crippen molar-refractivity contribution in [2.75, 3.05) is 6.61 Å². The number of rotatable bonds is 5. The summed E-state index contributed by atoms with van der Waals surface area (Å²) in [6, 6.07) is 0. The zero-order chi connectivity index (χ0) is 12.2. The van der Waals surface area contributed by atoms with Crippen LogP contribution < -0.4 is 0 Å². The lowest BCUT2D eigenvalue weighted by Gasteiger charge is -2.40. The van der Waals surface area contributed by atoms with Crippen molar-refractivity contribution in [1.29, 1.82) is 0 Å². The summed E-state index contributed by atoms with van der Waals surface area (Å²) < 4.78 is 5.84. The van der Waals surface area contributed by atoms with Gasteiger partial charge in [-0.05, 0) is 43.9 Å². The van der Waals surface area contributed by atoms with E-state index >= 15 is 0 Å². The van der Waals surface area contributed by atoms with E-state index in [9.17, 15) is 4.79 Å². The molecule has 0 saturated heterocycles. The minimum atomic E-state index is 0.266. The van der Waals surface area contributed by atoms with Crippen molar-refractivity contribution in [3.63, 3.8) is 0 Å². The van der Waals surface area contributed by atoms with Gasteiger partial charge in [-0.1, -0.05) is 20.8 Å². The number of carbonyl (C=O) groups is 1. The minimum absolute atomic E-state index is 0.266. The van der Waals surface area contributed by atoms with Gasteiger partial charge in [0, 0.05) is 13.0 Å². The van der Waals surface area contributed by atoms with Crippen molar-refractivity contribution in [2.24, 2.45) is 11.3 Å². The minimum Gasteiger partial charge on any atom is -0.378 e. The molecule has 0 aromatic heterocycles. The van der Waals surface area contributed by atoms with Gasteiger partial charge in [0.1, 0.15) is 5.78 Å². The molecule has 2 nitrogen and oxygen atoms in total. The van der Waals surface area contributed by atoms with Crippen molar-refractivity contribution in [3.8, 4) is 0 Å². The molecule has 0 unspecified atom stereocenters. The largest absolute Gasteiger partial charge is 0.378 e. The normalized spacial score (nSPS) is 29.0. The van der Waals surface area contributed by atoms with Crippen molar-refractivity contribution < 1.29 is 9.53 Å². The maximum absolute atomic E-state index is 10.8. The second-order valence-electron chi connectivity index (χ2n) is 5.96. The van der Waals surface area contributed by atoms with Gasteiger partial charge in [-0.25, -0.2) is 0 Å². The average molecular weight is 226 g/mol. The fourth-order valence-electron chi connectivity index (χ4n) is 2.33. The van der Waals surface area contributed by atoms with Gasteiger partial charge in [-0.15, -0.1) is 0 Å². The maximum Gasteiger partial charge on any atom is 0.129 e. The van der Waals surface area contributed by atoms with Crippen LogP contribution in [0.4, 0.5) is 0 Å². The molecular formula is C14H26O2. The van der Waals surface area contributed by atoms with Gasteiger partial charge < -0.3 is 9.53 Å². The molecule has 1 aliphatic carbocycles. The van der Waals surface area contributed by atoms with Crippen LogP contribution in [0.2, 0.25) is 0 Å². The summed E-state index contributed by atoms with van der Waals surface area (Å²) in [5.74, 6) is 1.00. The zero-order valence-corrected chi connectivity index (χ0v) is 11.2. The van der Waals surface area contributed by atoms with Gasteiger partial charge in [-0.2, -0.15) is 0 Å². The van der Waals surface area contributed by atoms with Crippen LogP contribution in [-0.4, -0.2) is 18.5 Å². The molecule has 2 heteroatoms. The highest BCUT2D eigenvalue weighted by Crippen LogP contribution is 2.41. The lowest BCUT2D eigenvalue weighted by atomic mass is 9.69. The molecular weight excluding hydrogens is 200 g/mol. The summed E-state index contributed by atoms with van der Waals surface area (Å²) >= 11 is 0. The summed E-state index contributed by atoms with van der Waals surface area (Å²) in [5.41, 5.74) is 0.471. The molecule has 0 amide bonds. The summed E-state index contributed by atoms with van der Waals surface area (Å²) in [6.45, 7) is 9.42. The number of Topliss-reactive ketones (excluding diaryl/α,β-unsaturated/α-hetero) is 1. The molecule has 0 bridgehead atoms. The molecule has 2 atom stereocenters. The van der Waals surface area contributed by atoms with Crippen LogP contribution in [0.25, 0.3) is 0 Å². The predicted molar refractivity (Wildman–Crippen MR) is 66.5 cm³/mol. The Morgan fingerprint density at radius 3 is 2.69 bits per heavy atom. The fourth-order valence-corrected chi connectivity index (χ4v) is 2.33. The fraction of sp³-hybridized carbons (Fsp3) is 0.929. The molecule has 1 rings (SSSR count). The van der Waals surface area contributed by atoms with Gasteiger partial charge in [0.25, 0.3) is 0 Å². The Kier molecular flexibility index (Phi) is 4.97. The first-order chi connectivity index (χ1) is 7.42. The maximum atomic E-state index is 10.8. The number of hydrogen-bond donors (Lipinski definition) is 0. The van der Waals surface area contributed by atoms with E-state index in [-0.39, 0.29) is 5.78 Å². The van der Waals surface area contributed by atoms with Crippen LogP contribution in [0.15, 0.2) is 0 Å². The molecule has 0 N–H and O–H groups in total. The van der Waals surface area contributed by atoms with Gasteiger partial charge >= 0.3 is 0 Å². The third-order valence-electron chi connectivity index (χ3n) is 4.09. The van der Waals surface area contributed by atoms with E-state index in [4.69, 9.17) is 4.74 Å². The number of ether oxygens (including phenoxy) is 1. The third-order valence-corrected chi connectivity index (χ3v) is 4.09. The molecule has 1 saturated carbocycles. The van der Waals surface area contributed by atoms with Crippen LogP contribution in [0.5, 0.6) is 0 Å². The third kappa shape index (κ3) is 4.25. The van der Waals surface area contributed by atoms with Crippen LogP contribution >= 0.6 is 0 Å². The predicted octanol–water partition coefficient (Wildman–Crippen LogP) is 3.59. The molecule has 94 valence electrons. The summed E-state index contributed by atoms with van der Waals surface area (Å²) in [4.78, 5) is 10.8. The van der Waals surface area contributed by atoms with Crippen molar-refractivity contribution in [1.82, 2.24) is 0 Å². The molecule has 0 heterocycles. The van der Waals surface area contributed by atoms with E-state index in [0.717, 1.165) is 18.9 Å². The second-order valence-corrected chi connectivity index (χ2v) is 5.96. The molecule has 1 aliphatic rings. The Bertz CT molecular complexity index is 233. The van der Waals surface area contributed by atoms with E-state index in [1.807, 2.05) is 0 Å². The molecule has 16 heavy (non-hydrogen) atoms. The van der Waals surface area contributed by atoms with Gasteiger partial charge in [0.2, 0.25) is 0 Å². The van der Waals surface area contributed by atoms with E-state index in [1.165, 1.54) is 19.3 Å². The highest BCUT2D eigenvalue weighted by atomic mass is 16.5. The van der Waals surface area contributed by atoms with Gasteiger partial charge in [0.05, 0.1) is 6.10 Å². The lowest BCUT2D eigenvalue weighted by molar-refractivity contribution is -0.117. The smallest absolute Gasteiger partial charge is 0.129 e. The van der Waals surface area contributed by atoms with Crippen molar-refractivity contribution >= 4 is 5.78 Å². The Morgan fingerprint density at radius 2 is 2.12 bits per heavy atom. The topological polar surface area (TPSA) is 26.3 Å². The van der Waals surface area contributed by atoms with E-state index < -0.39 is 0 Å². The summed E-state index contributed by atoms with van der Waals surface area (Å²) in [7, 11) is 0. The van der Waals surface area contributed by atoms with Gasteiger partial charge in [-0.3, -0.25) is 0 Å². The number of ketones is 1. The first kappa shape index (κ1) is 13.7. The zero-order valence-electron chi connectivity index (χ0n) is 11.2. The van der Waals surface area contributed by atoms with E-state index in [0.29, 0.717) is 17.9 Å².